The molecule has 0 aromatic heterocycles. The summed E-state index contributed by atoms with van der Waals surface area (Å²) in [4.78, 5) is 12.5. The highest BCUT2D eigenvalue weighted by Gasteiger charge is 2.21. The van der Waals surface area contributed by atoms with E-state index in [0.717, 1.165) is 4.90 Å². The molecular weight excluding hydrogens is 356 g/mol. The summed E-state index contributed by atoms with van der Waals surface area (Å²) in [5.74, 6) is -0.586. The predicted molar refractivity (Wildman–Crippen MR) is 91.9 cm³/mol. The van der Waals surface area contributed by atoms with Gasteiger partial charge in [0, 0.05) is 16.5 Å². The largest absolute Gasteiger partial charge is 0.369 e. The summed E-state index contributed by atoms with van der Waals surface area (Å²) in [6.07, 6.45) is 0. The Bertz CT molecular complexity index is 765. The third-order valence-corrected chi connectivity index (χ3v) is 5.84. The number of primary amides is 1. The highest BCUT2D eigenvalue weighted by molar-refractivity contribution is 8.00. The Morgan fingerprint density at radius 2 is 1.74 bits per heavy atom. The number of hydrogen-bond donors (Lipinski definition) is 2. The van der Waals surface area contributed by atoms with Gasteiger partial charge in [-0.3, -0.25) is 4.79 Å². The Hall–Kier alpha value is -1.54. The van der Waals surface area contributed by atoms with Gasteiger partial charge in [0.15, 0.2) is 0 Å². The summed E-state index contributed by atoms with van der Waals surface area (Å²) in [6.45, 7) is -0.0974. The molecule has 0 spiro atoms. The second-order valence-electron chi connectivity index (χ2n) is 4.63. The fourth-order valence-electron chi connectivity index (χ4n) is 1.75. The fraction of sp³-hybridized carbons (Fsp3) is 0.133. The van der Waals surface area contributed by atoms with Crippen LogP contribution in [0.2, 0.25) is 5.02 Å². The summed E-state index contributed by atoms with van der Waals surface area (Å²) in [5.41, 5.74) is 5.36. The van der Waals surface area contributed by atoms with E-state index in [1.165, 1.54) is 36.0 Å². The van der Waals surface area contributed by atoms with Crippen molar-refractivity contribution >= 4 is 39.3 Å². The molecule has 0 fully saturated rings. The molecule has 0 bridgehead atoms. The lowest BCUT2D eigenvalue weighted by atomic mass is 10.4. The number of halogens is 1. The highest BCUT2D eigenvalue weighted by atomic mass is 35.5. The van der Waals surface area contributed by atoms with Crippen LogP contribution in [-0.4, -0.2) is 26.1 Å². The number of amides is 1. The number of nitrogens with two attached hydrogens (primary N) is 1. The van der Waals surface area contributed by atoms with E-state index in [9.17, 15) is 13.2 Å². The standard InChI is InChI=1S/C15H15ClN2O3S2/c16-11-6-8-13(9-7-11)23(20,21)18-10-14(15(17)19)22-12-4-2-1-3-5-12/h1-9,14,18H,10H2,(H2,17,19). The smallest absolute Gasteiger partial charge is 0.240 e. The molecule has 2 rings (SSSR count). The maximum Gasteiger partial charge on any atom is 0.240 e. The molecule has 8 heteroatoms. The number of rotatable bonds is 7. The first-order valence-electron chi connectivity index (χ1n) is 6.65. The number of carbonyl (C=O) groups excluding carboxylic acids is 1. The van der Waals surface area contributed by atoms with Crippen LogP contribution < -0.4 is 10.5 Å². The van der Waals surface area contributed by atoms with Gasteiger partial charge in [0.05, 0.1) is 4.90 Å². The van der Waals surface area contributed by atoms with Gasteiger partial charge in [0.1, 0.15) is 5.25 Å². The van der Waals surface area contributed by atoms with E-state index < -0.39 is 21.2 Å². The van der Waals surface area contributed by atoms with E-state index in [2.05, 4.69) is 4.72 Å². The summed E-state index contributed by atoms with van der Waals surface area (Å²) < 4.78 is 26.8. The first-order valence-corrected chi connectivity index (χ1v) is 9.39. The molecule has 0 saturated heterocycles. The Morgan fingerprint density at radius 3 is 2.30 bits per heavy atom. The number of nitrogens with one attached hydrogen (secondary N) is 1. The Kier molecular flexibility index (Phi) is 6.06. The molecule has 3 N–H and O–H groups in total. The van der Waals surface area contributed by atoms with Crippen molar-refractivity contribution in [3.63, 3.8) is 0 Å². The molecule has 0 aliphatic rings. The second kappa shape index (κ2) is 7.83. The molecule has 0 heterocycles. The van der Waals surface area contributed by atoms with Gasteiger partial charge in [-0.1, -0.05) is 29.8 Å². The van der Waals surface area contributed by atoms with Gasteiger partial charge in [-0.2, -0.15) is 0 Å². The van der Waals surface area contributed by atoms with Gasteiger partial charge in [0.25, 0.3) is 0 Å². The van der Waals surface area contributed by atoms with Crippen LogP contribution in [0.15, 0.2) is 64.4 Å². The Morgan fingerprint density at radius 1 is 1.13 bits per heavy atom. The molecule has 23 heavy (non-hydrogen) atoms. The first kappa shape index (κ1) is 17.8. The number of benzene rings is 2. The van der Waals surface area contributed by atoms with Gasteiger partial charge in [-0.05, 0) is 36.4 Å². The lowest BCUT2D eigenvalue weighted by Gasteiger charge is -2.14. The van der Waals surface area contributed by atoms with Crippen molar-refractivity contribution in [3.8, 4) is 0 Å². The van der Waals surface area contributed by atoms with Crippen molar-refractivity contribution in [1.29, 1.82) is 0 Å². The van der Waals surface area contributed by atoms with Crippen molar-refractivity contribution < 1.29 is 13.2 Å². The van der Waals surface area contributed by atoms with Crippen LogP contribution in [0.1, 0.15) is 0 Å². The fourth-order valence-corrected chi connectivity index (χ4v) is 3.95. The average Bonchev–Trinajstić information content (AvgIpc) is 2.52. The molecule has 0 radical (unpaired) electrons. The Labute approximate surface area is 144 Å². The first-order chi connectivity index (χ1) is 10.9. The van der Waals surface area contributed by atoms with Crippen LogP contribution in [0, 0.1) is 0 Å². The van der Waals surface area contributed by atoms with E-state index in [4.69, 9.17) is 17.3 Å². The van der Waals surface area contributed by atoms with Crippen molar-refractivity contribution in [1.82, 2.24) is 4.72 Å². The maximum atomic E-state index is 12.2. The van der Waals surface area contributed by atoms with E-state index >= 15 is 0 Å². The monoisotopic (exact) mass is 370 g/mol. The molecule has 2 aromatic rings. The minimum atomic E-state index is -3.73. The molecule has 0 aliphatic carbocycles. The third kappa shape index (κ3) is 5.24. The number of sulfonamides is 1. The third-order valence-electron chi connectivity index (χ3n) is 2.92. The van der Waals surface area contributed by atoms with E-state index in [-0.39, 0.29) is 11.4 Å². The molecular formula is C15H15ClN2O3S2. The van der Waals surface area contributed by atoms with Crippen LogP contribution in [0.3, 0.4) is 0 Å². The van der Waals surface area contributed by atoms with Crippen molar-refractivity contribution in [2.45, 2.75) is 15.0 Å². The minimum absolute atomic E-state index is 0.0785. The van der Waals surface area contributed by atoms with E-state index in [0.29, 0.717) is 5.02 Å². The normalized spacial score (nSPS) is 12.7. The van der Waals surface area contributed by atoms with Crippen LogP contribution in [0.4, 0.5) is 0 Å². The van der Waals surface area contributed by atoms with E-state index in [1.807, 2.05) is 30.3 Å². The van der Waals surface area contributed by atoms with Crippen LogP contribution >= 0.6 is 23.4 Å². The van der Waals surface area contributed by atoms with Gasteiger partial charge in [0.2, 0.25) is 15.9 Å². The summed E-state index contributed by atoms with van der Waals surface area (Å²) in [6, 6.07) is 14.9. The summed E-state index contributed by atoms with van der Waals surface area (Å²) in [5, 5.41) is -0.266. The number of hydrogen-bond acceptors (Lipinski definition) is 4. The van der Waals surface area contributed by atoms with Crippen molar-refractivity contribution in [2.75, 3.05) is 6.54 Å². The second-order valence-corrected chi connectivity index (χ2v) is 8.11. The molecule has 1 amide bonds. The van der Waals surface area contributed by atoms with Gasteiger partial charge in [-0.15, -0.1) is 11.8 Å². The molecule has 1 atom stereocenters. The summed E-state index contributed by atoms with van der Waals surface area (Å²) >= 11 is 6.95. The van der Waals surface area contributed by atoms with Crippen molar-refractivity contribution in [2.24, 2.45) is 5.73 Å². The molecule has 122 valence electrons. The van der Waals surface area contributed by atoms with Crippen LogP contribution in [0.5, 0.6) is 0 Å². The zero-order valence-corrected chi connectivity index (χ0v) is 14.4. The lowest BCUT2D eigenvalue weighted by molar-refractivity contribution is -0.117. The van der Waals surface area contributed by atoms with Gasteiger partial charge in [-0.25, -0.2) is 13.1 Å². The SMILES string of the molecule is NC(=O)C(CNS(=O)(=O)c1ccc(Cl)cc1)Sc1ccccc1. The average molecular weight is 371 g/mol. The van der Waals surface area contributed by atoms with Crippen molar-refractivity contribution in [3.05, 3.63) is 59.6 Å². The summed E-state index contributed by atoms with van der Waals surface area (Å²) in [7, 11) is -3.73. The minimum Gasteiger partial charge on any atom is -0.369 e. The van der Waals surface area contributed by atoms with Crippen LogP contribution in [0.25, 0.3) is 0 Å². The predicted octanol–water partition coefficient (Wildman–Crippen LogP) is 2.26. The molecule has 0 saturated carbocycles. The van der Waals surface area contributed by atoms with Gasteiger partial charge < -0.3 is 5.73 Å². The molecule has 1 unspecified atom stereocenters. The maximum absolute atomic E-state index is 12.2. The van der Waals surface area contributed by atoms with E-state index in [1.54, 1.807) is 0 Å². The van der Waals surface area contributed by atoms with Gasteiger partial charge >= 0.3 is 0 Å². The lowest BCUT2D eigenvalue weighted by Crippen LogP contribution is -2.38. The van der Waals surface area contributed by atoms with Crippen LogP contribution in [-0.2, 0) is 14.8 Å². The number of thioether (sulfide) groups is 1. The zero-order chi connectivity index (χ0) is 16.9. The molecule has 5 nitrogen and oxygen atoms in total. The zero-order valence-electron chi connectivity index (χ0n) is 12.0. The molecule has 0 aliphatic heterocycles. The highest BCUT2D eigenvalue weighted by Crippen LogP contribution is 2.23. The number of carbonyl (C=O) groups is 1. The topological polar surface area (TPSA) is 89.3 Å². The Balaban J connectivity index is 2.06. The quantitative estimate of drug-likeness (QED) is 0.731. The molecule has 2 aromatic carbocycles.